The number of aromatic nitrogens is 2. The summed E-state index contributed by atoms with van der Waals surface area (Å²) in [5.41, 5.74) is 1.84. The van der Waals surface area contributed by atoms with Crippen LogP contribution in [0.2, 0.25) is 5.02 Å². The maximum atomic E-state index is 10.8. The highest BCUT2D eigenvalue weighted by atomic mass is 35.5. The summed E-state index contributed by atoms with van der Waals surface area (Å²) < 4.78 is 1.95. The van der Waals surface area contributed by atoms with Crippen LogP contribution >= 0.6 is 11.6 Å². The number of nitrogens with zero attached hydrogens (tertiary/aromatic N) is 2. The van der Waals surface area contributed by atoms with Crippen molar-refractivity contribution in [1.29, 1.82) is 0 Å². The van der Waals surface area contributed by atoms with Crippen molar-refractivity contribution in [3.8, 4) is 0 Å². The third-order valence-electron chi connectivity index (χ3n) is 2.94. The first-order valence-corrected chi connectivity index (χ1v) is 6.47. The molecule has 0 radical (unpaired) electrons. The number of halogens is 1. The van der Waals surface area contributed by atoms with Crippen molar-refractivity contribution in [2.45, 2.75) is 26.3 Å². The molecule has 5 heteroatoms. The summed E-state index contributed by atoms with van der Waals surface area (Å²) in [5, 5.41) is 9.56. The monoisotopic (exact) mass is 278 g/mol. The Hall–Kier alpha value is -1.81. The van der Waals surface area contributed by atoms with Crippen molar-refractivity contribution in [3.05, 3.63) is 52.6 Å². The van der Waals surface area contributed by atoms with E-state index in [2.05, 4.69) is 4.98 Å². The number of rotatable bonds is 5. The standard InChI is InChI=1S/C14H15ClN2O2/c1-2-17-12(8-14(18)19)9-16-13(17)7-10-3-5-11(15)6-4-10/h3-6,9H,2,7-8H2,1H3,(H,18,19). The Bertz CT molecular complexity index is 576. The zero-order valence-corrected chi connectivity index (χ0v) is 11.4. The van der Waals surface area contributed by atoms with Crippen LogP contribution < -0.4 is 0 Å². The van der Waals surface area contributed by atoms with Gasteiger partial charge in [0.25, 0.3) is 0 Å². The Morgan fingerprint density at radius 1 is 1.37 bits per heavy atom. The van der Waals surface area contributed by atoms with Gasteiger partial charge in [-0.1, -0.05) is 23.7 Å². The number of imidazole rings is 1. The molecular weight excluding hydrogens is 264 g/mol. The summed E-state index contributed by atoms with van der Waals surface area (Å²) in [6.07, 6.45) is 2.31. The lowest BCUT2D eigenvalue weighted by atomic mass is 10.1. The molecule has 0 aliphatic rings. The van der Waals surface area contributed by atoms with Crippen LogP contribution in [0.4, 0.5) is 0 Å². The fraction of sp³-hybridized carbons (Fsp3) is 0.286. The summed E-state index contributed by atoms with van der Waals surface area (Å²) >= 11 is 5.85. The molecule has 0 amide bonds. The number of hydrogen-bond acceptors (Lipinski definition) is 2. The van der Waals surface area contributed by atoms with Crippen molar-refractivity contribution in [2.75, 3.05) is 0 Å². The quantitative estimate of drug-likeness (QED) is 0.915. The first-order valence-electron chi connectivity index (χ1n) is 6.09. The van der Waals surface area contributed by atoms with Crippen LogP contribution in [0.5, 0.6) is 0 Å². The predicted molar refractivity (Wildman–Crippen MR) is 73.5 cm³/mol. The molecular formula is C14H15ClN2O2. The average molecular weight is 279 g/mol. The molecule has 19 heavy (non-hydrogen) atoms. The largest absolute Gasteiger partial charge is 0.481 e. The number of carboxylic acids is 1. The van der Waals surface area contributed by atoms with Crippen LogP contribution in [0.1, 0.15) is 24.0 Å². The highest BCUT2D eigenvalue weighted by Crippen LogP contribution is 2.15. The molecule has 0 unspecified atom stereocenters. The summed E-state index contributed by atoms with van der Waals surface area (Å²) in [5.74, 6) is 0.0358. The van der Waals surface area contributed by atoms with E-state index < -0.39 is 5.97 Å². The average Bonchev–Trinajstić information content (AvgIpc) is 2.73. The van der Waals surface area contributed by atoms with Gasteiger partial charge in [-0.25, -0.2) is 4.98 Å². The van der Waals surface area contributed by atoms with Gasteiger partial charge in [0.1, 0.15) is 5.82 Å². The molecule has 1 N–H and O–H groups in total. The van der Waals surface area contributed by atoms with E-state index in [1.807, 2.05) is 35.8 Å². The Morgan fingerprint density at radius 2 is 2.05 bits per heavy atom. The number of benzene rings is 1. The van der Waals surface area contributed by atoms with Crippen molar-refractivity contribution in [3.63, 3.8) is 0 Å². The SMILES string of the molecule is CCn1c(CC(=O)O)cnc1Cc1ccc(Cl)cc1. The topological polar surface area (TPSA) is 55.1 Å². The Balaban J connectivity index is 2.22. The van der Waals surface area contributed by atoms with E-state index in [1.54, 1.807) is 6.20 Å². The smallest absolute Gasteiger partial charge is 0.309 e. The molecule has 1 aromatic carbocycles. The molecule has 0 fully saturated rings. The van der Waals surface area contributed by atoms with Gasteiger partial charge >= 0.3 is 5.97 Å². The summed E-state index contributed by atoms with van der Waals surface area (Å²) in [7, 11) is 0. The lowest BCUT2D eigenvalue weighted by Crippen LogP contribution is -2.10. The van der Waals surface area contributed by atoms with E-state index in [-0.39, 0.29) is 6.42 Å². The van der Waals surface area contributed by atoms with Gasteiger partial charge in [-0.05, 0) is 24.6 Å². The van der Waals surface area contributed by atoms with Gasteiger partial charge in [-0.3, -0.25) is 4.79 Å². The number of carbonyl (C=O) groups is 1. The number of carboxylic acid groups (broad SMARTS) is 1. The molecule has 0 aliphatic heterocycles. The Labute approximate surface area is 116 Å². The molecule has 4 nitrogen and oxygen atoms in total. The number of hydrogen-bond donors (Lipinski definition) is 1. The van der Waals surface area contributed by atoms with E-state index in [0.717, 1.165) is 17.1 Å². The van der Waals surface area contributed by atoms with Gasteiger partial charge in [-0.2, -0.15) is 0 Å². The summed E-state index contributed by atoms with van der Waals surface area (Å²) in [6.45, 7) is 2.70. The normalized spacial score (nSPS) is 10.6. The van der Waals surface area contributed by atoms with Crippen molar-refractivity contribution < 1.29 is 9.90 Å². The molecule has 1 heterocycles. The van der Waals surface area contributed by atoms with E-state index >= 15 is 0 Å². The Kier molecular flexibility index (Phi) is 4.22. The lowest BCUT2D eigenvalue weighted by molar-refractivity contribution is -0.136. The van der Waals surface area contributed by atoms with Gasteiger partial charge in [0.2, 0.25) is 0 Å². The molecule has 2 aromatic rings. The molecule has 100 valence electrons. The van der Waals surface area contributed by atoms with Crippen molar-refractivity contribution >= 4 is 17.6 Å². The van der Waals surface area contributed by atoms with Crippen LogP contribution in [0.15, 0.2) is 30.5 Å². The molecule has 1 aromatic heterocycles. The highest BCUT2D eigenvalue weighted by molar-refractivity contribution is 6.30. The van der Waals surface area contributed by atoms with E-state index in [0.29, 0.717) is 18.0 Å². The zero-order chi connectivity index (χ0) is 13.8. The maximum Gasteiger partial charge on any atom is 0.309 e. The molecule has 0 spiro atoms. The minimum absolute atomic E-state index is 0.00145. The molecule has 0 saturated carbocycles. The third-order valence-corrected chi connectivity index (χ3v) is 3.20. The van der Waals surface area contributed by atoms with Crippen molar-refractivity contribution in [2.24, 2.45) is 0 Å². The molecule has 0 atom stereocenters. The van der Waals surface area contributed by atoms with Crippen LogP contribution in [0, 0.1) is 0 Å². The van der Waals surface area contributed by atoms with Crippen LogP contribution in [0.25, 0.3) is 0 Å². The van der Waals surface area contributed by atoms with Gasteiger partial charge in [0.05, 0.1) is 6.42 Å². The maximum absolute atomic E-state index is 10.8. The number of aliphatic carboxylic acids is 1. The van der Waals surface area contributed by atoms with E-state index in [1.165, 1.54) is 0 Å². The highest BCUT2D eigenvalue weighted by Gasteiger charge is 2.11. The third kappa shape index (κ3) is 3.35. The minimum Gasteiger partial charge on any atom is -0.481 e. The van der Waals surface area contributed by atoms with E-state index in [9.17, 15) is 4.79 Å². The fourth-order valence-corrected chi connectivity index (χ4v) is 2.19. The van der Waals surface area contributed by atoms with Gasteiger partial charge in [0, 0.05) is 29.9 Å². The van der Waals surface area contributed by atoms with E-state index in [4.69, 9.17) is 16.7 Å². The first-order chi connectivity index (χ1) is 9.10. The zero-order valence-electron chi connectivity index (χ0n) is 10.6. The van der Waals surface area contributed by atoms with Crippen LogP contribution in [-0.2, 0) is 24.2 Å². The van der Waals surface area contributed by atoms with Crippen LogP contribution in [-0.4, -0.2) is 20.6 Å². The molecule has 0 saturated heterocycles. The minimum atomic E-state index is -0.840. The molecule has 0 aliphatic carbocycles. The van der Waals surface area contributed by atoms with Crippen molar-refractivity contribution in [1.82, 2.24) is 9.55 Å². The first kappa shape index (κ1) is 13.6. The second kappa shape index (κ2) is 5.89. The van der Waals surface area contributed by atoms with Gasteiger partial charge in [-0.15, -0.1) is 0 Å². The lowest BCUT2D eigenvalue weighted by Gasteiger charge is -2.08. The second-order valence-corrected chi connectivity index (χ2v) is 4.72. The molecule has 2 rings (SSSR count). The second-order valence-electron chi connectivity index (χ2n) is 4.28. The molecule has 0 bridgehead atoms. The fourth-order valence-electron chi connectivity index (χ4n) is 2.06. The summed E-state index contributed by atoms with van der Waals surface area (Å²) in [6, 6.07) is 7.59. The summed E-state index contributed by atoms with van der Waals surface area (Å²) in [4.78, 5) is 15.1. The Morgan fingerprint density at radius 3 is 2.63 bits per heavy atom. The van der Waals surface area contributed by atoms with Gasteiger partial charge in [0.15, 0.2) is 0 Å². The predicted octanol–water partition coefficient (Wildman–Crippen LogP) is 2.77. The van der Waals surface area contributed by atoms with Gasteiger partial charge < -0.3 is 9.67 Å². The van der Waals surface area contributed by atoms with Crippen LogP contribution in [0.3, 0.4) is 0 Å².